The van der Waals surface area contributed by atoms with Gasteiger partial charge in [-0.1, -0.05) is 30.3 Å². The Morgan fingerprint density at radius 1 is 1.19 bits per heavy atom. The number of carbonyl (C=O) groups is 3. The fraction of sp³-hybridized carbons (Fsp3) is 0.391. The maximum Gasteiger partial charge on any atom is 0.325 e. The van der Waals surface area contributed by atoms with Gasteiger partial charge in [-0.3, -0.25) is 24.3 Å². The number of carbonyl (C=O) groups excluding carboxylic acids is 2. The number of nitrogens with one attached hydrogen (secondary N) is 1. The van der Waals surface area contributed by atoms with E-state index >= 15 is 0 Å². The number of ketones is 1. The van der Waals surface area contributed by atoms with Crippen LogP contribution in [0, 0.1) is 5.92 Å². The van der Waals surface area contributed by atoms with Gasteiger partial charge < -0.3 is 16.2 Å². The van der Waals surface area contributed by atoms with Crippen molar-refractivity contribution in [1.82, 2.24) is 9.88 Å². The summed E-state index contributed by atoms with van der Waals surface area (Å²) in [6.45, 7) is 1.21. The Hall–Kier alpha value is -3.26. The standard InChI is InChI=1S/C23H26N4O4/c24-22(29)16-10-12-27(20(23(30)31)14-5-2-1-3-6-14)21(16)19(28)13-15-8-9-17-18(26-15)7-4-11-25-17/h1-3,5-6,8-9,16,20-21,25H,4,7,10-13H2,(H2,24,29)(H,30,31)/t16?,20-,21?/m1/s1. The second-order valence-corrected chi connectivity index (χ2v) is 8.10. The molecule has 4 N–H and O–H groups in total. The molecule has 0 bridgehead atoms. The Labute approximate surface area is 180 Å². The number of benzene rings is 1. The SMILES string of the molecule is NC(=O)C1CCN([C@@H](C(=O)O)c2ccccc2)C1C(=O)Cc1ccc2c(n1)CCCN2. The van der Waals surface area contributed by atoms with E-state index < -0.39 is 29.9 Å². The summed E-state index contributed by atoms with van der Waals surface area (Å²) in [5.41, 5.74) is 8.69. The van der Waals surface area contributed by atoms with E-state index in [9.17, 15) is 19.5 Å². The van der Waals surface area contributed by atoms with E-state index in [1.54, 1.807) is 41.3 Å². The van der Waals surface area contributed by atoms with Crippen LogP contribution in [0.5, 0.6) is 0 Å². The lowest BCUT2D eigenvalue weighted by Gasteiger charge is -2.31. The van der Waals surface area contributed by atoms with Crippen LogP contribution >= 0.6 is 0 Å². The Morgan fingerprint density at radius 2 is 1.97 bits per heavy atom. The van der Waals surface area contributed by atoms with Gasteiger partial charge in [0.25, 0.3) is 0 Å². The smallest absolute Gasteiger partial charge is 0.325 e. The molecule has 31 heavy (non-hydrogen) atoms. The largest absolute Gasteiger partial charge is 0.480 e. The summed E-state index contributed by atoms with van der Waals surface area (Å²) < 4.78 is 0. The highest BCUT2D eigenvalue weighted by Crippen LogP contribution is 2.34. The zero-order chi connectivity index (χ0) is 22.0. The number of aryl methyl sites for hydroxylation is 1. The van der Waals surface area contributed by atoms with Crippen molar-refractivity contribution < 1.29 is 19.5 Å². The van der Waals surface area contributed by atoms with Crippen molar-refractivity contribution >= 4 is 23.3 Å². The fourth-order valence-corrected chi connectivity index (χ4v) is 4.68. The lowest BCUT2D eigenvalue weighted by atomic mass is 9.92. The van der Waals surface area contributed by atoms with Crippen molar-refractivity contribution in [3.8, 4) is 0 Å². The molecule has 2 aromatic rings. The summed E-state index contributed by atoms with van der Waals surface area (Å²) in [5.74, 6) is -2.61. The number of aliphatic carboxylic acids is 1. The van der Waals surface area contributed by atoms with Crippen molar-refractivity contribution in [2.45, 2.75) is 37.8 Å². The average molecular weight is 422 g/mol. The number of aromatic nitrogens is 1. The van der Waals surface area contributed by atoms with Crippen LogP contribution in [0.1, 0.15) is 35.8 Å². The third kappa shape index (κ3) is 4.29. The summed E-state index contributed by atoms with van der Waals surface area (Å²) in [7, 11) is 0. The van der Waals surface area contributed by atoms with Crippen LogP contribution in [0.15, 0.2) is 42.5 Å². The first-order valence-corrected chi connectivity index (χ1v) is 10.5. The zero-order valence-electron chi connectivity index (χ0n) is 17.2. The molecule has 1 saturated heterocycles. The Balaban J connectivity index is 1.62. The summed E-state index contributed by atoms with van der Waals surface area (Å²) in [6.07, 6.45) is 2.21. The molecule has 1 aromatic carbocycles. The van der Waals surface area contributed by atoms with E-state index in [2.05, 4.69) is 10.3 Å². The number of carboxylic acid groups (broad SMARTS) is 1. The summed E-state index contributed by atoms with van der Waals surface area (Å²) in [4.78, 5) is 43.9. The molecule has 4 rings (SSSR count). The first kappa shape index (κ1) is 21.0. The number of nitrogens with zero attached hydrogens (tertiary/aromatic N) is 2. The molecular formula is C23H26N4O4. The molecule has 8 heteroatoms. The van der Waals surface area contributed by atoms with E-state index in [1.165, 1.54) is 0 Å². The molecule has 3 atom stereocenters. The number of carboxylic acids is 1. The van der Waals surface area contributed by atoms with Crippen LogP contribution in [0.25, 0.3) is 0 Å². The number of hydrogen-bond acceptors (Lipinski definition) is 6. The number of anilines is 1. The quantitative estimate of drug-likeness (QED) is 0.618. The van der Waals surface area contributed by atoms with Gasteiger partial charge in [0.05, 0.1) is 29.8 Å². The summed E-state index contributed by atoms with van der Waals surface area (Å²) in [5, 5.41) is 13.2. The molecule has 162 valence electrons. The maximum atomic E-state index is 13.4. The van der Waals surface area contributed by atoms with Crippen LogP contribution in [-0.2, 0) is 27.2 Å². The van der Waals surface area contributed by atoms with Crippen molar-refractivity contribution in [2.75, 3.05) is 18.4 Å². The number of hydrogen-bond donors (Lipinski definition) is 3. The minimum Gasteiger partial charge on any atom is -0.480 e. The minimum absolute atomic E-state index is 0.0271. The molecule has 1 amide bonds. The Morgan fingerprint density at radius 3 is 2.68 bits per heavy atom. The second-order valence-electron chi connectivity index (χ2n) is 8.10. The van der Waals surface area contributed by atoms with Crippen molar-refractivity contribution in [3.63, 3.8) is 0 Å². The number of fused-ring (bicyclic) bond motifs is 1. The van der Waals surface area contributed by atoms with Gasteiger partial charge in [-0.15, -0.1) is 0 Å². The average Bonchev–Trinajstić information content (AvgIpc) is 3.19. The highest BCUT2D eigenvalue weighted by atomic mass is 16.4. The number of likely N-dealkylation sites (tertiary alicyclic amines) is 1. The normalized spacial score (nSPS) is 21.7. The number of rotatable bonds is 7. The number of amides is 1. The zero-order valence-corrected chi connectivity index (χ0v) is 17.2. The summed E-state index contributed by atoms with van der Waals surface area (Å²) >= 11 is 0. The van der Waals surface area contributed by atoms with Crippen LogP contribution in [0.3, 0.4) is 0 Å². The van der Waals surface area contributed by atoms with Gasteiger partial charge in [0.15, 0.2) is 5.78 Å². The first-order chi connectivity index (χ1) is 15.0. The topological polar surface area (TPSA) is 126 Å². The predicted octanol–water partition coefficient (Wildman–Crippen LogP) is 1.55. The summed E-state index contributed by atoms with van der Waals surface area (Å²) in [6, 6.07) is 10.6. The number of primary amides is 1. The van der Waals surface area contributed by atoms with Crippen molar-refractivity contribution in [1.29, 1.82) is 0 Å². The number of pyridine rings is 1. The minimum atomic E-state index is -1.06. The number of Topliss-reactive ketones (excluding diaryl/α,β-unsaturated/α-hetero) is 1. The third-order valence-corrected chi connectivity index (χ3v) is 6.11. The van der Waals surface area contributed by atoms with Crippen LogP contribution in [0.4, 0.5) is 5.69 Å². The Kier molecular flexibility index (Phi) is 5.99. The number of nitrogens with two attached hydrogens (primary N) is 1. The molecule has 2 unspecified atom stereocenters. The maximum absolute atomic E-state index is 13.4. The lowest BCUT2D eigenvalue weighted by Crippen LogP contribution is -2.47. The molecule has 2 aliphatic heterocycles. The third-order valence-electron chi connectivity index (χ3n) is 6.11. The Bertz CT molecular complexity index is 994. The molecular weight excluding hydrogens is 396 g/mol. The molecule has 8 nitrogen and oxygen atoms in total. The van der Waals surface area contributed by atoms with E-state index in [0.717, 1.165) is 30.8 Å². The van der Waals surface area contributed by atoms with E-state index in [-0.39, 0.29) is 12.2 Å². The van der Waals surface area contributed by atoms with Crippen molar-refractivity contribution in [2.24, 2.45) is 11.7 Å². The monoisotopic (exact) mass is 422 g/mol. The van der Waals surface area contributed by atoms with Crippen LogP contribution in [0.2, 0.25) is 0 Å². The lowest BCUT2D eigenvalue weighted by molar-refractivity contribution is -0.146. The van der Waals surface area contributed by atoms with E-state index in [4.69, 9.17) is 5.73 Å². The van der Waals surface area contributed by atoms with E-state index in [0.29, 0.717) is 24.2 Å². The van der Waals surface area contributed by atoms with Gasteiger partial charge >= 0.3 is 5.97 Å². The second kappa shape index (κ2) is 8.85. The molecule has 0 saturated carbocycles. The molecule has 1 aromatic heterocycles. The highest BCUT2D eigenvalue weighted by Gasteiger charge is 2.47. The first-order valence-electron chi connectivity index (χ1n) is 10.5. The molecule has 2 aliphatic rings. The van der Waals surface area contributed by atoms with Gasteiger partial charge in [-0.2, -0.15) is 0 Å². The van der Waals surface area contributed by atoms with Gasteiger partial charge in [-0.25, -0.2) is 0 Å². The molecule has 0 spiro atoms. The molecule has 1 fully saturated rings. The fourth-order valence-electron chi connectivity index (χ4n) is 4.68. The molecule has 3 heterocycles. The van der Waals surface area contributed by atoms with Gasteiger partial charge in [0.2, 0.25) is 5.91 Å². The van der Waals surface area contributed by atoms with Gasteiger partial charge in [0, 0.05) is 18.8 Å². The predicted molar refractivity (Wildman–Crippen MR) is 114 cm³/mol. The van der Waals surface area contributed by atoms with E-state index in [1.807, 2.05) is 6.07 Å². The van der Waals surface area contributed by atoms with Gasteiger partial charge in [0.1, 0.15) is 6.04 Å². The molecule has 0 radical (unpaired) electrons. The van der Waals surface area contributed by atoms with Crippen LogP contribution < -0.4 is 11.1 Å². The van der Waals surface area contributed by atoms with Gasteiger partial charge in [-0.05, 0) is 37.0 Å². The van der Waals surface area contributed by atoms with Crippen molar-refractivity contribution in [3.05, 3.63) is 59.4 Å². The van der Waals surface area contributed by atoms with Crippen LogP contribution in [-0.4, -0.2) is 51.8 Å². The molecule has 0 aliphatic carbocycles. The highest BCUT2D eigenvalue weighted by molar-refractivity contribution is 5.93.